The van der Waals surface area contributed by atoms with Crippen LogP contribution < -0.4 is 11.1 Å². The van der Waals surface area contributed by atoms with E-state index < -0.39 is 5.54 Å². The molecule has 3 unspecified atom stereocenters. The van der Waals surface area contributed by atoms with Gasteiger partial charge in [0.25, 0.3) is 0 Å². The van der Waals surface area contributed by atoms with Gasteiger partial charge in [-0.25, -0.2) is 0 Å². The van der Waals surface area contributed by atoms with Crippen molar-refractivity contribution in [3.8, 4) is 0 Å². The molecule has 0 radical (unpaired) electrons. The molecule has 2 aliphatic rings. The van der Waals surface area contributed by atoms with Crippen LogP contribution in [0.25, 0.3) is 0 Å². The standard InChI is InChI=1S/C14H27N3O2/c1-10(2)16-14(3,13(15)18)9-17-7-8-19-12-6-4-5-11(12)17/h10-12,16H,4-9H2,1-3H3,(H2,15,18). The van der Waals surface area contributed by atoms with Crippen molar-refractivity contribution in [1.29, 1.82) is 0 Å². The molecule has 5 nitrogen and oxygen atoms in total. The molecule has 110 valence electrons. The Morgan fingerprint density at radius 1 is 1.53 bits per heavy atom. The number of nitrogens with one attached hydrogen (secondary N) is 1. The Morgan fingerprint density at radius 3 is 2.89 bits per heavy atom. The minimum absolute atomic E-state index is 0.234. The molecule has 1 aliphatic carbocycles. The van der Waals surface area contributed by atoms with Gasteiger partial charge in [0, 0.05) is 25.2 Å². The van der Waals surface area contributed by atoms with Gasteiger partial charge in [-0.2, -0.15) is 0 Å². The number of ether oxygens (including phenoxy) is 1. The van der Waals surface area contributed by atoms with Crippen molar-refractivity contribution in [2.24, 2.45) is 5.73 Å². The van der Waals surface area contributed by atoms with Crippen molar-refractivity contribution in [3.05, 3.63) is 0 Å². The molecule has 1 heterocycles. The summed E-state index contributed by atoms with van der Waals surface area (Å²) in [7, 11) is 0. The van der Waals surface area contributed by atoms with E-state index in [0.717, 1.165) is 19.6 Å². The highest BCUT2D eigenvalue weighted by Crippen LogP contribution is 2.30. The van der Waals surface area contributed by atoms with Gasteiger partial charge in [-0.05, 0) is 40.0 Å². The second kappa shape index (κ2) is 5.77. The fourth-order valence-corrected chi connectivity index (χ4v) is 3.44. The highest BCUT2D eigenvalue weighted by atomic mass is 16.5. The summed E-state index contributed by atoms with van der Waals surface area (Å²) in [5.74, 6) is -0.276. The maximum atomic E-state index is 11.8. The average Bonchev–Trinajstić information content (AvgIpc) is 2.76. The van der Waals surface area contributed by atoms with E-state index in [0.29, 0.717) is 18.7 Å². The molecule has 3 atom stereocenters. The zero-order valence-electron chi connectivity index (χ0n) is 12.3. The second-order valence-corrected chi connectivity index (χ2v) is 6.37. The number of hydrogen-bond donors (Lipinski definition) is 2. The predicted octanol–water partition coefficient (Wildman–Crippen LogP) is 0.482. The zero-order chi connectivity index (χ0) is 14.0. The lowest BCUT2D eigenvalue weighted by molar-refractivity contribution is -0.127. The molecule has 3 N–H and O–H groups in total. The van der Waals surface area contributed by atoms with E-state index in [1.165, 1.54) is 12.8 Å². The van der Waals surface area contributed by atoms with Gasteiger partial charge in [-0.3, -0.25) is 9.69 Å². The molecule has 0 aromatic carbocycles. The van der Waals surface area contributed by atoms with Gasteiger partial charge in [-0.1, -0.05) is 0 Å². The van der Waals surface area contributed by atoms with Crippen LogP contribution in [0.2, 0.25) is 0 Å². The summed E-state index contributed by atoms with van der Waals surface area (Å²) in [6, 6.07) is 0.694. The molecule has 5 heteroatoms. The topological polar surface area (TPSA) is 67.6 Å². The number of carbonyl (C=O) groups is 1. The summed E-state index contributed by atoms with van der Waals surface area (Å²) >= 11 is 0. The Labute approximate surface area is 115 Å². The number of hydrogen-bond acceptors (Lipinski definition) is 4. The van der Waals surface area contributed by atoms with Gasteiger partial charge in [0.2, 0.25) is 5.91 Å². The Bertz CT molecular complexity index is 335. The van der Waals surface area contributed by atoms with Crippen molar-refractivity contribution >= 4 is 5.91 Å². The van der Waals surface area contributed by atoms with Crippen LogP contribution in [0.1, 0.15) is 40.0 Å². The van der Waals surface area contributed by atoms with Gasteiger partial charge in [-0.15, -0.1) is 0 Å². The molecule has 2 fully saturated rings. The zero-order valence-corrected chi connectivity index (χ0v) is 12.3. The van der Waals surface area contributed by atoms with E-state index in [9.17, 15) is 4.79 Å². The van der Waals surface area contributed by atoms with Crippen LogP contribution in [0.4, 0.5) is 0 Å². The van der Waals surface area contributed by atoms with Gasteiger partial charge < -0.3 is 15.8 Å². The molecule has 0 aromatic heterocycles. The second-order valence-electron chi connectivity index (χ2n) is 6.37. The molecule has 0 spiro atoms. The van der Waals surface area contributed by atoms with E-state index in [1.54, 1.807) is 0 Å². The third-order valence-corrected chi connectivity index (χ3v) is 4.27. The Balaban J connectivity index is 2.05. The first kappa shape index (κ1) is 14.8. The Hall–Kier alpha value is -0.650. The Kier molecular flexibility index (Phi) is 4.48. The fraction of sp³-hybridized carbons (Fsp3) is 0.929. The number of primary amides is 1. The van der Waals surface area contributed by atoms with Crippen molar-refractivity contribution in [2.45, 2.75) is 63.8 Å². The smallest absolute Gasteiger partial charge is 0.238 e. The van der Waals surface area contributed by atoms with Crippen LogP contribution in [-0.2, 0) is 9.53 Å². The monoisotopic (exact) mass is 269 g/mol. The normalized spacial score (nSPS) is 31.2. The van der Waals surface area contributed by atoms with E-state index in [4.69, 9.17) is 10.5 Å². The SMILES string of the molecule is CC(C)NC(C)(CN1CCOC2CCCC21)C(N)=O. The average molecular weight is 269 g/mol. The molecule has 1 saturated heterocycles. The quantitative estimate of drug-likeness (QED) is 0.762. The summed E-state index contributed by atoms with van der Waals surface area (Å²) < 4.78 is 5.81. The van der Waals surface area contributed by atoms with E-state index >= 15 is 0 Å². The van der Waals surface area contributed by atoms with E-state index in [-0.39, 0.29) is 11.9 Å². The van der Waals surface area contributed by atoms with Crippen molar-refractivity contribution < 1.29 is 9.53 Å². The molecule has 0 bridgehead atoms. The largest absolute Gasteiger partial charge is 0.375 e. The molecule has 0 aromatic rings. The molecule has 19 heavy (non-hydrogen) atoms. The first-order chi connectivity index (χ1) is 8.92. The lowest BCUT2D eigenvalue weighted by Gasteiger charge is -2.42. The van der Waals surface area contributed by atoms with E-state index in [2.05, 4.69) is 10.2 Å². The highest BCUT2D eigenvalue weighted by Gasteiger charge is 2.41. The third kappa shape index (κ3) is 3.27. The van der Waals surface area contributed by atoms with Crippen LogP contribution in [0.3, 0.4) is 0 Å². The lowest BCUT2D eigenvalue weighted by Crippen LogP contribution is -2.64. The van der Waals surface area contributed by atoms with Gasteiger partial charge >= 0.3 is 0 Å². The van der Waals surface area contributed by atoms with Crippen molar-refractivity contribution in [2.75, 3.05) is 19.7 Å². The number of amides is 1. The molecule has 1 saturated carbocycles. The summed E-state index contributed by atoms with van der Waals surface area (Å²) in [5.41, 5.74) is 4.95. The predicted molar refractivity (Wildman–Crippen MR) is 74.8 cm³/mol. The summed E-state index contributed by atoms with van der Waals surface area (Å²) in [4.78, 5) is 14.2. The van der Waals surface area contributed by atoms with Crippen LogP contribution >= 0.6 is 0 Å². The fourth-order valence-electron chi connectivity index (χ4n) is 3.44. The Morgan fingerprint density at radius 2 is 2.26 bits per heavy atom. The molecule has 1 amide bonds. The molecular weight excluding hydrogens is 242 g/mol. The van der Waals surface area contributed by atoms with Crippen LogP contribution in [0, 0.1) is 0 Å². The maximum absolute atomic E-state index is 11.8. The third-order valence-electron chi connectivity index (χ3n) is 4.27. The highest BCUT2D eigenvalue weighted by molar-refractivity contribution is 5.84. The number of morpholine rings is 1. The first-order valence-electron chi connectivity index (χ1n) is 7.35. The number of rotatable bonds is 5. The van der Waals surface area contributed by atoms with Gasteiger partial charge in [0.1, 0.15) is 5.54 Å². The summed E-state index contributed by atoms with van der Waals surface area (Å²) in [6.45, 7) is 8.32. The minimum Gasteiger partial charge on any atom is -0.375 e. The minimum atomic E-state index is -0.668. The van der Waals surface area contributed by atoms with Crippen LogP contribution in [-0.4, -0.2) is 54.2 Å². The van der Waals surface area contributed by atoms with Gasteiger partial charge in [0.05, 0.1) is 12.7 Å². The van der Waals surface area contributed by atoms with Crippen LogP contribution in [0.15, 0.2) is 0 Å². The summed E-state index contributed by atoms with van der Waals surface area (Å²) in [5, 5.41) is 3.33. The van der Waals surface area contributed by atoms with E-state index in [1.807, 2.05) is 20.8 Å². The van der Waals surface area contributed by atoms with Gasteiger partial charge in [0.15, 0.2) is 0 Å². The van der Waals surface area contributed by atoms with Crippen molar-refractivity contribution in [1.82, 2.24) is 10.2 Å². The number of nitrogens with two attached hydrogens (primary N) is 1. The number of carbonyl (C=O) groups excluding carboxylic acids is 1. The maximum Gasteiger partial charge on any atom is 0.238 e. The molecule has 2 rings (SSSR count). The number of nitrogens with zero attached hydrogens (tertiary/aromatic N) is 1. The molecule has 1 aliphatic heterocycles. The van der Waals surface area contributed by atoms with Crippen LogP contribution in [0.5, 0.6) is 0 Å². The lowest BCUT2D eigenvalue weighted by atomic mass is 9.97. The van der Waals surface area contributed by atoms with Crippen molar-refractivity contribution in [3.63, 3.8) is 0 Å². The first-order valence-corrected chi connectivity index (χ1v) is 7.35. The summed E-state index contributed by atoms with van der Waals surface area (Å²) in [6.07, 6.45) is 3.88. The number of fused-ring (bicyclic) bond motifs is 1. The molecular formula is C14H27N3O2.